The summed E-state index contributed by atoms with van der Waals surface area (Å²) in [4.78, 5) is 10.6. The Hall–Kier alpha value is -2.04. The van der Waals surface area contributed by atoms with Crippen LogP contribution in [0.4, 0.5) is 0 Å². The molecule has 1 aromatic carbocycles. The lowest BCUT2D eigenvalue weighted by atomic mass is 9.84. The average Bonchev–Trinajstić information content (AvgIpc) is 2.51. The number of benzene rings is 1. The van der Waals surface area contributed by atoms with Gasteiger partial charge in [0.25, 0.3) is 0 Å². The molecule has 0 aliphatic carbocycles. The SMILES string of the molecule is CC=C(CCC1(C)CCc2c(C)c(O)c(C)c(C)c2O1)[N+](=O)[O-]. The summed E-state index contributed by atoms with van der Waals surface area (Å²) in [5, 5.41) is 21.2. The summed E-state index contributed by atoms with van der Waals surface area (Å²) in [6, 6.07) is 0. The van der Waals surface area contributed by atoms with Gasteiger partial charge in [0.15, 0.2) is 0 Å². The number of phenolic OH excluding ortho intramolecular Hbond substituents is 1. The lowest BCUT2D eigenvalue weighted by Crippen LogP contribution is -2.37. The van der Waals surface area contributed by atoms with E-state index in [0.29, 0.717) is 18.6 Å². The number of nitrogens with zero attached hydrogens (tertiary/aromatic N) is 1. The van der Waals surface area contributed by atoms with E-state index in [9.17, 15) is 15.2 Å². The van der Waals surface area contributed by atoms with Crippen LogP contribution in [0.15, 0.2) is 11.8 Å². The summed E-state index contributed by atoms with van der Waals surface area (Å²) in [6.45, 7) is 9.46. The molecule has 5 heteroatoms. The second-order valence-electron chi connectivity index (χ2n) is 6.62. The van der Waals surface area contributed by atoms with Gasteiger partial charge in [-0.2, -0.15) is 0 Å². The van der Waals surface area contributed by atoms with E-state index in [-0.39, 0.29) is 10.6 Å². The molecule has 0 radical (unpaired) electrons. The summed E-state index contributed by atoms with van der Waals surface area (Å²) < 4.78 is 6.28. The molecule has 0 aromatic heterocycles. The fourth-order valence-corrected chi connectivity index (χ4v) is 3.20. The molecule has 1 heterocycles. The Morgan fingerprint density at radius 3 is 2.57 bits per heavy atom. The standard InChI is InChI=1S/C18H25NO4/c1-6-14(19(21)22)7-9-18(5)10-8-15-13(4)16(20)11(2)12(3)17(15)23-18/h6,20H,7-10H2,1-5H3. The van der Waals surface area contributed by atoms with Crippen LogP contribution in [0.5, 0.6) is 11.5 Å². The van der Waals surface area contributed by atoms with Crippen molar-refractivity contribution in [1.82, 2.24) is 0 Å². The lowest BCUT2D eigenvalue weighted by molar-refractivity contribution is -0.428. The van der Waals surface area contributed by atoms with Gasteiger partial charge in [0.1, 0.15) is 17.1 Å². The highest BCUT2D eigenvalue weighted by atomic mass is 16.6. The molecule has 1 aliphatic rings. The van der Waals surface area contributed by atoms with Crippen LogP contribution in [-0.4, -0.2) is 15.6 Å². The number of hydrogen-bond donors (Lipinski definition) is 1. The predicted octanol–water partition coefficient (Wildman–Crippen LogP) is 4.36. The molecule has 126 valence electrons. The van der Waals surface area contributed by atoms with Crippen molar-refractivity contribution in [2.45, 2.75) is 65.9 Å². The van der Waals surface area contributed by atoms with Crippen LogP contribution in [0.2, 0.25) is 0 Å². The second-order valence-corrected chi connectivity index (χ2v) is 6.62. The van der Waals surface area contributed by atoms with Crippen LogP contribution in [0.1, 0.15) is 55.4 Å². The molecule has 0 fully saturated rings. The third-order valence-corrected chi connectivity index (χ3v) is 5.07. The third kappa shape index (κ3) is 3.19. The quantitative estimate of drug-likeness (QED) is 0.661. The van der Waals surface area contributed by atoms with Gasteiger partial charge in [0.05, 0.1) is 4.92 Å². The first-order valence-corrected chi connectivity index (χ1v) is 8.00. The minimum atomic E-state index is -0.419. The number of hydrogen-bond acceptors (Lipinski definition) is 4. The summed E-state index contributed by atoms with van der Waals surface area (Å²) in [5.74, 6) is 1.19. The van der Waals surface area contributed by atoms with Crippen molar-refractivity contribution in [3.8, 4) is 11.5 Å². The molecule has 1 unspecified atom stereocenters. The summed E-state index contributed by atoms with van der Waals surface area (Å²) in [7, 11) is 0. The van der Waals surface area contributed by atoms with Crippen molar-refractivity contribution in [2.75, 3.05) is 0 Å². The third-order valence-electron chi connectivity index (χ3n) is 5.07. The van der Waals surface area contributed by atoms with Crippen molar-refractivity contribution < 1.29 is 14.8 Å². The molecular weight excluding hydrogens is 294 g/mol. The second kappa shape index (κ2) is 6.22. The highest BCUT2D eigenvalue weighted by Gasteiger charge is 2.35. The van der Waals surface area contributed by atoms with Crippen LogP contribution < -0.4 is 4.74 Å². The first-order valence-electron chi connectivity index (χ1n) is 8.00. The molecule has 0 bridgehead atoms. The number of fused-ring (bicyclic) bond motifs is 1. The zero-order chi connectivity index (χ0) is 17.4. The van der Waals surface area contributed by atoms with Crippen molar-refractivity contribution in [3.63, 3.8) is 0 Å². The summed E-state index contributed by atoms with van der Waals surface area (Å²) in [6.07, 6.45) is 4.15. The minimum absolute atomic E-state index is 0.232. The number of aromatic hydroxyl groups is 1. The van der Waals surface area contributed by atoms with Gasteiger partial charge in [-0.05, 0) is 76.6 Å². The number of rotatable bonds is 4. The first kappa shape index (κ1) is 17.3. The van der Waals surface area contributed by atoms with Crippen LogP contribution >= 0.6 is 0 Å². The highest BCUT2D eigenvalue weighted by Crippen LogP contribution is 2.44. The highest BCUT2D eigenvalue weighted by molar-refractivity contribution is 5.58. The monoisotopic (exact) mass is 319 g/mol. The largest absolute Gasteiger partial charge is 0.507 e. The molecule has 23 heavy (non-hydrogen) atoms. The Labute approximate surface area is 137 Å². The smallest absolute Gasteiger partial charge is 0.242 e. The van der Waals surface area contributed by atoms with Gasteiger partial charge in [-0.1, -0.05) is 0 Å². The van der Waals surface area contributed by atoms with Crippen LogP contribution in [0.25, 0.3) is 0 Å². The van der Waals surface area contributed by atoms with E-state index in [1.165, 1.54) is 0 Å². The van der Waals surface area contributed by atoms with Gasteiger partial charge in [-0.25, -0.2) is 0 Å². The van der Waals surface area contributed by atoms with E-state index >= 15 is 0 Å². The number of phenols is 1. The fraction of sp³-hybridized carbons (Fsp3) is 0.556. The molecule has 0 saturated carbocycles. The number of ether oxygens (including phenoxy) is 1. The molecule has 0 saturated heterocycles. The Morgan fingerprint density at radius 1 is 1.35 bits per heavy atom. The maximum absolute atomic E-state index is 11.0. The molecule has 1 aromatic rings. The molecule has 1 atom stereocenters. The van der Waals surface area contributed by atoms with Crippen molar-refractivity contribution in [1.29, 1.82) is 0 Å². The first-order chi connectivity index (χ1) is 10.7. The molecule has 0 amide bonds. The molecule has 1 N–H and O–H groups in total. The van der Waals surface area contributed by atoms with E-state index < -0.39 is 5.60 Å². The zero-order valence-corrected chi connectivity index (χ0v) is 14.5. The predicted molar refractivity (Wildman–Crippen MR) is 89.7 cm³/mol. The summed E-state index contributed by atoms with van der Waals surface area (Å²) in [5.41, 5.74) is 3.54. The molecule has 2 rings (SSSR count). The van der Waals surface area contributed by atoms with E-state index in [4.69, 9.17) is 4.74 Å². The van der Waals surface area contributed by atoms with Crippen LogP contribution in [-0.2, 0) is 6.42 Å². The van der Waals surface area contributed by atoms with Crippen molar-refractivity contribution in [3.05, 3.63) is 44.1 Å². The van der Waals surface area contributed by atoms with Gasteiger partial charge >= 0.3 is 0 Å². The van der Waals surface area contributed by atoms with Gasteiger partial charge in [0.2, 0.25) is 5.70 Å². The van der Waals surface area contributed by atoms with Crippen LogP contribution in [0, 0.1) is 30.9 Å². The Morgan fingerprint density at radius 2 is 2.00 bits per heavy atom. The van der Waals surface area contributed by atoms with Gasteiger partial charge in [-0.3, -0.25) is 10.1 Å². The van der Waals surface area contributed by atoms with Gasteiger partial charge in [0, 0.05) is 12.0 Å². The Balaban J connectivity index is 2.27. The molecule has 1 aliphatic heterocycles. The normalized spacial score (nSPS) is 20.8. The van der Waals surface area contributed by atoms with Gasteiger partial charge < -0.3 is 9.84 Å². The van der Waals surface area contributed by atoms with Crippen molar-refractivity contribution in [2.24, 2.45) is 0 Å². The van der Waals surface area contributed by atoms with E-state index in [0.717, 1.165) is 40.8 Å². The van der Waals surface area contributed by atoms with E-state index in [1.807, 2.05) is 27.7 Å². The zero-order valence-electron chi connectivity index (χ0n) is 14.5. The lowest BCUT2D eigenvalue weighted by Gasteiger charge is -2.38. The molecule has 0 spiro atoms. The van der Waals surface area contributed by atoms with Crippen LogP contribution in [0.3, 0.4) is 0 Å². The van der Waals surface area contributed by atoms with Crippen molar-refractivity contribution >= 4 is 0 Å². The number of allylic oxidation sites excluding steroid dienone is 2. The Bertz CT molecular complexity index is 678. The topological polar surface area (TPSA) is 72.6 Å². The maximum atomic E-state index is 11.0. The fourth-order valence-electron chi connectivity index (χ4n) is 3.20. The van der Waals surface area contributed by atoms with E-state index in [2.05, 4.69) is 0 Å². The molecular formula is C18H25NO4. The minimum Gasteiger partial charge on any atom is -0.507 e. The maximum Gasteiger partial charge on any atom is 0.242 e. The average molecular weight is 319 g/mol. The summed E-state index contributed by atoms with van der Waals surface area (Å²) >= 11 is 0. The Kier molecular flexibility index (Phi) is 4.68. The molecule has 5 nitrogen and oxygen atoms in total. The van der Waals surface area contributed by atoms with Gasteiger partial charge in [-0.15, -0.1) is 0 Å². The number of nitro groups is 1. The van der Waals surface area contributed by atoms with E-state index in [1.54, 1.807) is 13.0 Å².